The molecule has 0 aliphatic heterocycles. The molecule has 0 aliphatic rings. The van der Waals surface area contributed by atoms with Crippen LogP contribution in [0.3, 0.4) is 0 Å². The Kier molecular flexibility index (Phi) is 3.60. The molecule has 16 rings (SSSR count). The first-order valence-corrected chi connectivity index (χ1v) is 20.8. The number of nitriles is 2. The van der Waals surface area contributed by atoms with E-state index in [2.05, 4.69) is 0 Å². The van der Waals surface area contributed by atoms with Crippen LogP contribution in [0.5, 0.6) is 0 Å². The molecule has 0 spiro atoms. The van der Waals surface area contributed by atoms with Gasteiger partial charge in [-0.15, -0.1) is 0 Å². The van der Waals surface area contributed by atoms with Gasteiger partial charge in [-0.25, -0.2) is 0 Å². The van der Waals surface area contributed by atoms with Gasteiger partial charge in [0, 0.05) is 48.5 Å². The summed E-state index contributed by atoms with van der Waals surface area (Å²) < 4.78 is 300. The van der Waals surface area contributed by atoms with Gasteiger partial charge < -0.3 is 27.0 Å². The molecule has 70 heavy (non-hydrogen) atoms. The third-order valence-electron chi connectivity index (χ3n) is 12.6. The van der Waals surface area contributed by atoms with E-state index >= 15 is 0 Å². The summed E-state index contributed by atoms with van der Waals surface area (Å²) in [5, 5.41) is 18.6. The molecule has 0 N–H and O–H groups in total. The summed E-state index contributed by atoms with van der Waals surface area (Å²) in [6.07, 6.45) is 0. The van der Waals surface area contributed by atoms with Crippen LogP contribution in [0.2, 0.25) is 0 Å². The molecule has 0 saturated heterocycles. The van der Waals surface area contributed by atoms with Crippen molar-refractivity contribution in [3.05, 3.63) is 198 Å². The number of furan rings is 3. The molecule has 10 aromatic carbocycles. The van der Waals surface area contributed by atoms with Crippen LogP contribution < -0.4 is 0 Å². The highest BCUT2D eigenvalue weighted by Crippen LogP contribution is 2.48. The zero-order valence-electron chi connectivity index (χ0n) is 64.5. The minimum atomic E-state index is -1.05. The largest absolute Gasteiger partial charge is 0.455 e. The first-order valence-electron chi connectivity index (χ1n) is 35.8. The number of para-hydroxylation sites is 6. The summed E-state index contributed by atoms with van der Waals surface area (Å²) in [5.41, 5.74) is -12.3. The van der Waals surface area contributed by atoms with Crippen LogP contribution in [0, 0.1) is 22.7 Å². The molecule has 6 heterocycles. The highest BCUT2D eigenvalue weighted by atomic mass is 16.3. The van der Waals surface area contributed by atoms with Crippen molar-refractivity contribution >= 4 is 131 Å². The lowest BCUT2D eigenvalue weighted by Gasteiger charge is -2.22. The Morgan fingerprint density at radius 1 is 0.343 bits per heavy atom. The Hall–Kier alpha value is -10.0. The Balaban J connectivity index is 1.25. The van der Waals surface area contributed by atoms with Crippen LogP contribution in [0.1, 0.15) is 52.2 Å². The van der Waals surface area contributed by atoms with Gasteiger partial charge in [-0.3, -0.25) is 0 Å². The van der Waals surface area contributed by atoms with Gasteiger partial charge in [0.2, 0.25) is 0 Å². The SMILES string of the molecule is [2H]c1c([2H])c([2H])c2c(oc3c2c([2H])c([2H])c2c3c3c([2H])c([2H])c([2H])c([2H])c3n2-c2cc(C#N)c(-n3c4c([2H])c([2H])c([2H])c([2H])c4c4c5oc6c([2H])c([2H])c([2H])c([2H])c6c5c([2H])c([2H])c43)c(-n3c4c([2H])c([2H])c([2H])c([2H])c4c4c5oc6c([2H])c([2H])c([2H])c([2H])c6c5c([2H])c([2H])c43)c2C#N)c1[2H]. The molecule has 0 radical (unpaired) electrons. The molecule has 0 fully saturated rings. The number of nitrogens with zero attached hydrogens (tertiary/aromatic N) is 5. The van der Waals surface area contributed by atoms with E-state index in [1.165, 1.54) is 0 Å². The summed E-state index contributed by atoms with van der Waals surface area (Å²) in [7, 11) is 0. The molecule has 0 aliphatic carbocycles. The minimum Gasteiger partial charge on any atom is -0.455 e. The lowest BCUT2D eigenvalue weighted by Crippen LogP contribution is -2.12. The molecule has 8 heteroatoms. The van der Waals surface area contributed by atoms with Gasteiger partial charge in [-0.2, -0.15) is 10.5 Å². The predicted molar refractivity (Wildman–Crippen MR) is 281 cm³/mol. The lowest BCUT2D eigenvalue weighted by atomic mass is 10.0. The Labute approximate surface area is 437 Å². The van der Waals surface area contributed by atoms with Gasteiger partial charge in [-0.05, 0) is 78.6 Å². The number of fused-ring (bicyclic) bond motifs is 21. The number of rotatable bonds is 3. The van der Waals surface area contributed by atoms with Crippen molar-refractivity contribution in [1.29, 1.82) is 10.5 Å². The third-order valence-corrected chi connectivity index (χ3v) is 12.6. The molecule has 0 unspecified atom stereocenters. The fourth-order valence-electron chi connectivity index (χ4n) is 9.87. The van der Waals surface area contributed by atoms with Crippen LogP contribution in [0.15, 0.2) is 201 Å². The smallest absolute Gasteiger partial charge is 0.145 e. The van der Waals surface area contributed by atoms with Crippen molar-refractivity contribution in [1.82, 2.24) is 13.7 Å². The maximum absolute atomic E-state index is 12.5. The van der Waals surface area contributed by atoms with Crippen molar-refractivity contribution < 1.29 is 54.4 Å². The molecule has 322 valence electrons. The molecular weight excluding hydrogens is 863 g/mol. The van der Waals surface area contributed by atoms with E-state index in [9.17, 15) is 29.7 Å². The van der Waals surface area contributed by atoms with Gasteiger partial charge in [-0.1, -0.05) is 109 Å². The van der Waals surface area contributed by atoms with E-state index in [0.29, 0.717) is 0 Å². The second-order valence-corrected chi connectivity index (χ2v) is 15.9. The number of benzene rings is 10. The topological polar surface area (TPSA) is 102 Å². The second-order valence-electron chi connectivity index (χ2n) is 15.9. The number of hydrogen-bond acceptors (Lipinski definition) is 5. The van der Waals surface area contributed by atoms with Crippen LogP contribution in [0.4, 0.5) is 0 Å². The predicted octanol–water partition coefficient (Wildman–Crippen LogP) is 16.4. The number of aromatic nitrogens is 3. The fraction of sp³-hybridized carbons (Fsp3) is 0. The van der Waals surface area contributed by atoms with E-state index in [1.54, 1.807) is 0 Å². The van der Waals surface area contributed by atoms with Crippen molar-refractivity contribution in [2.75, 3.05) is 0 Å². The van der Waals surface area contributed by atoms with Gasteiger partial charge in [0.15, 0.2) is 0 Å². The summed E-state index contributed by atoms with van der Waals surface area (Å²) >= 11 is 0. The maximum Gasteiger partial charge on any atom is 0.145 e. The average Bonchev–Trinajstić information content (AvgIpc) is 1.51. The maximum atomic E-state index is 12.5. The standard InChI is InChI=1S/C62H31N5O3/c63-32-34-31-51(65-45-19-7-1-16-41(45)55-48(65)28-25-38-35-13-4-10-22-52(35)68-60(38)55)44(33-64)59(67-47-21-9-3-18-43(47)57-50(67)30-27-40-37-15-6-12-24-54(37)70-62(40)57)58(34)66-46-20-8-2-17-42(46)56-49(66)29-26-39-36-14-5-11-23-53(36)69-61(39)56/h1-31H/i1D,2D,3D,4D,5D,6D,7D,8D,9D,10D,11D,12D,13D,14D,15D,16D,17D,18D,19D,20D,21D,22D,23D,24D,25D,26D,27D,28D,29D,30D. The average molecular weight is 924 g/mol. The normalized spacial score (nSPS) is 18.3. The van der Waals surface area contributed by atoms with Crippen LogP contribution in [0.25, 0.3) is 148 Å². The molecule has 6 aromatic heterocycles. The quantitative estimate of drug-likeness (QED) is 0.176. The zero-order valence-corrected chi connectivity index (χ0v) is 34.5. The Bertz CT molecular complexity index is 6940. The van der Waals surface area contributed by atoms with Crippen LogP contribution >= 0.6 is 0 Å². The second kappa shape index (κ2) is 13.3. The van der Waals surface area contributed by atoms with Crippen LogP contribution in [-0.4, -0.2) is 13.7 Å². The van der Waals surface area contributed by atoms with Crippen molar-refractivity contribution in [2.45, 2.75) is 0 Å². The van der Waals surface area contributed by atoms with Crippen molar-refractivity contribution in [3.63, 3.8) is 0 Å². The lowest BCUT2D eigenvalue weighted by molar-refractivity contribution is 0.672. The van der Waals surface area contributed by atoms with Gasteiger partial charge in [0.05, 0.1) is 113 Å². The van der Waals surface area contributed by atoms with E-state index < -0.39 is 341 Å². The Morgan fingerprint density at radius 3 is 1.11 bits per heavy atom. The van der Waals surface area contributed by atoms with E-state index in [4.69, 9.17) is 35.2 Å². The van der Waals surface area contributed by atoms with Crippen molar-refractivity contribution in [2.24, 2.45) is 0 Å². The summed E-state index contributed by atoms with van der Waals surface area (Å²) in [6.45, 7) is 0. The third kappa shape index (κ3) is 4.57. The Morgan fingerprint density at radius 2 is 0.700 bits per heavy atom. The minimum absolute atomic E-state index is 0.428. The molecule has 0 atom stereocenters. The monoisotopic (exact) mass is 923 g/mol. The molecular formula is C62H31N5O3. The first-order chi connectivity index (χ1) is 47.2. The molecule has 16 aromatic rings. The highest BCUT2D eigenvalue weighted by Gasteiger charge is 2.31. The van der Waals surface area contributed by atoms with Crippen molar-refractivity contribution in [3.8, 4) is 29.2 Å². The van der Waals surface area contributed by atoms with E-state index in [0.717, 1.165) is 19.8 Å². The number of hydrogen-bond donors (Lipinski definition) is 0. The van der Waals surface area contributed by atoms with Gasteiger partial charge in [0.1, 0.15) is 51.2 Å². The summed E-state index contributed by atoms with van der Waals surface area (Å²) in [4.78, 5) is 0. The van der Waals surface area contributed by atoms with E-state index in [-0.39, 0.29) is 0 Å². The fourth-order valence-corrected chi connectivity index (χ4v) is 9.87. The zero-order chi connectivity index (χ0) is 72.0. The molecule has 0 bridgehead atoms. The van der Waals surface area contributed by atoms with Crippen LogP contribution in [-0.2, 0) is 0 Å². The van der Waals surface area contributed by atoms with E-state index in [1.807, 2.05) is 12.1 Å². The van der Waals surface area contributed by atoms with Gasteiger partial charge in [0.25, 0.3) is 0 Å². The highest BCUT2D eigenvalue weighted by molar-refractivity contribution is 6.27. The molecule has 8 nitrogen and oxygen atoms in total. The first kappa shape index (κ1) is 18.9. The summed E-state index contributed by atoms with van der Waals surface area (Å²) in [5.74, 6) is 0. The molecule has 0 amide bonds. The summed E-state index contributed by atoms with van der Waals surface area (Å²) in [6, 6.07) is -22.0. The molecule has 0 saturated carbocycles. The van der Waals surface area contributed by atoms with Gasteiger partial charge >= 0.3 is 0 Å².